The van der Waals surface area contributed by atoms with Crippen molar-refractivity contribution in [1.82, 2.24) is 5.32 Å². The Hall–Kier alpha value is -2.23. The standard InChI is InChI=1S/C17H19NO3/c19-15-7-5-12-6-8-16(10-13(12)9-15)21-11-17(20)18-14-3-1-2-4-14/h5-10,14,19H,1-4,11H2,(H,18,20). The van der Waals surface area contributed by atoms with Crippen molar-refractivity contribution in [2.45, 2.75) is 31.7 Å². The molecule has 0 unspecified atom stereocenters. The van der Waals surface area contributed by atoms with E-state index >= 15 is 0 Å². The quantitative estimate of drug-likeness (QED) is 0.908. The molecule has 0 saturated heterocycles. The van der Waals surface area contributed by atoms with Crippen molar-refractivity contribution in [2.24, 2.45) is 0 Å². The average molecular weight is 285 g/mol. The molecule has 1 aliphatic rings. The molecule has 1 fully saturated rings. The highest BCUT2D eigenvalue weighted by atomic mass is 16.5. The summed E-state index contributed by atoms with van der Waals surface area (Å²) in [6.45, 7) is 0.0286. The molecule has 3 rings (SSSR count). The van der Waals surface area contributed by atoms with Gasteiger partial charge < -0.3 is 15.2 Å². The summed E-state index contributed by atoms with van der Waals surface area (Å²) in [5.41, 5.74) is 0. The van der Waals surface area contributed by atoms with Gasteiger partial charge in [0.2, 0.25) is 0 Å². The van der Waals surface area contributed by atoms with E-state index in [1.54, 1.807) is 12.1 Å². The van der Waals surface area contributed by atoms with Crippen LogP contribution in [0.1, 0.15) is 25.7 Å². The lowest BCUT2D eigenvalue weighted by Crippen LogP contribution is -2.36. The number of aromatic hydroxyl groups is 1. The first-order chi connectivity index (χ1) is 10.2. The maximum Gasteiger partial charge on any atom is 0.258 e. The molecule has 0 aromatic heterocycles. The monoisotopic (exact) mass is 285 g/mol. The number of nitrogens with one attached hydrogen (secondary N) is 1. The molecule has 0 radical (unpaired) electrons. The van der Waals surface area contributed by atoms with Crippen LogP contribution in [0.2, 0.25) is 0 Å². The van der Waals surface area contributed by atoms with Gasteiger partial charge in [0, 0.05) is 6.04 Å². The molecule has 0 heterocycles. The number of ether oxygens (including phenoxy) is 1. The lowest BCUT2D eigenvalue weighted by atomic mass is 10.1. The molecule has 0 atom stereocenters. The van der Waals surface area contributed by atoms with E-state index in [1.165, 1.54) is 12.8 Å². The Labute approximate surface area is 123 Å². The maximum atomic E-state index is 11.8. The predicted octanol–water partition coefficient (Wildman–Crippen LogP) is 2.98. The second-order valence-corrected chi connectivity index (χ2v) is 5.53. The van der Waals surface area contributed by atoms with Crippen LogP contribution in [0.25, 0.3) is 10.8 Å². The van der Waals surface area contributed by atoms with E-state index in [1.807, 2.05) is 24.3 Å². The van der Waals surface area contributed by atoms with E-state index in [2.05, 4.69) is 5.32 Å². The van der Waals surface area contributed by atoms with Crippen molar-refractivity contribution >= 4 is 16.7 Å². The van der Waals surface area contributed by atoms with Crippen LogP contribution in [-0.4, -0.2) is 23.7 Å². The van der Waals surface area contributed by atoms with Crippen molar-refractivity contribution in [3.8, 4) is 11.5 Å². The normalized spacial score (nSPS) is 15.2. The number of phenols is 1. The van der Waals surface area contributed by atoms with Crippen molar-refractivity contribution in [3.63, 3.8) is 0 Å². The second kappa shape index (κ2) is 6.04. The summed E-state index contributed by atoms with van der Waals surface area (Å²) >= 11 is 0. The van der Waals surface area contributed by atoms with Crippen molar-refractivity contribution in [2.75, 3.05) is 6.61 Å². The fraction of sp³-hybridized carbons (Fsp3) is 0.353. The van der Waals surface area contributed by atoms with E-state index in [4.69, 9.17) is 4.74 Å². The summed E-state index contributed by atoms with van der Waals surface area (Å²) in [6, 6.07) is 11.1. The van der Waals surface area contributed by atoms with Gasteiger partial charge in [-0.3, -0.25) is 4.79 Å². The summed E-state index contributed by atoms with van der Waals surface area (Å²) in [5.74, 6) is 0.784. The van der Waals surface area contributed by atoms with Gasteiger partial charge in [-0.05, 0) is 47.9 Å². The van der Waals surface area contributed by atoms with Crippen LogP contribution < -0.4 is 10.1 Å². The Bertz CT molecular complexity index is 648. The Balaban J connectivity index is 1.60. The Morgan fingerprint density at radius 1 is 1.14 bits per heavy atom. The van der Waals surface area contributed by atoms with Crippen molar-refractivity contribution < 1.29 is 14.6 Å². The highest BCUT2D eigenvalue weighted by Crippen LogP contribution is 2.24. The fourth-order valence-electron chi connectivity index (χ4n) is 2.79. The molecule has 1 aliphatic carbocycles. The first-order valence-electron chi connectivity index (χ1n) is 7.36. The van der Waals surface area contributed by atoms with Crippen LogP contribution in [0.3, 0.4) is 0 Å². The Kier molecular flexibility index (Phi) is 3.95. The molecule has 4 heteroatoms. The average Bonchev–Trinajstić information content (AvgIpc) is 2.97. The minimum Gasteiger partial charge on any atom is -0.508 e. The van der Waals surface area contributed by atoms with E-state index < -0.39 is 0 Å². The molecule has 2 aromatic rings. The van der Waals surface area contributed by atoms with E-state index in [9.17, 15) is 9.90 Å². The van der Waals surface area contributed by atoms with Gasteiger partial charge in [-0.1, -0.05) is 25.0 Å². The summed E-state index contributed by atoms with van der Waals surface area (Å²) in [6.07, 6.45) is 4.53. The van der Waals surface area contributed by atoms with E-state index in [-0.39, 0.29) is 18.3 Å². The van der Waals surface area contributed by atoms with Gasteiger partial charge in [-0.2, -0.15) is 0 Å². The summed E-state index contributed by atoms with van der Waals surface area (Å²) in [4.78, 5) is 11.8. The fourth-order valence-corrected chi connectivity index (χ4v) is 2.79. The molecule has 21 heavy (non-hydrogen) atoms. The smallest absolute Gasteiger partial charge is 0.258 e. The number of hydrogen-bond acceptors (Lipinski definition) is 3. The summed E-state index contributed by atoms with van der Waals surface area (Å²) in [5, 5.41) is 14.4. The van der Waals surface area contributed by atoms with Gasteiger partial charge in [-0.25, -0.2) is 0 Å². The SMILES string of the molecule is O=C(COc1ccc2ccc(O)cc2c1)NC1CCCC1. The molecular weight excluding hydrogens is 266 g/mol. The number of carbonyl (C=O) groups excluding carboxylic acids is 1. The molecular formula is C17H19NO3. The van der Waals surface area contributed by atoms with E-state index in [0.29, 0.717) is 11.8 Å². The third kappa shape index (κ3) is 3.45. The van der Waals surface area contributed by atoms with Crippen LogP contribution in [0.15, 0.2) is 36.4 Å². The largest absolute Gasteiger partial charge is 0.508 e. The third-order valence-electron chi connectivity index (χ3n) is 3.89. The maximum absolute atomic E-state index is 11.8. The number of phenolic OH excluding ortho intramolecular Hbond substituents is 1. The van der Waals surface area contributed by atoms with Gasteiger partial charge in [0.25, 0.3) is 5.91 Å². The lowest BCUT2D eigenvalue weighted by molar-refractivity contribution is -0.123. The molecule has 1 saturated carbocycles. The minimum atomic E-state index is -0.0714. The predicted molar refractivity (Wildman–Crippen MR) is 81.5 cm³/mol. The number of rotatable bonds is 4. The zero-order chi connectivity index (χ0) is 14.7. The number of carbonyl (C=O) groups is 1. The number of amides is 1. The van der Waals surface area contributed by atoms with Crippen LogP contribution in [-0.2, 0) is 4.79 Å². The molecule has 0 spiro atoms. The van der Waals surface area contributed by atoms with Gasteiger partial charge in [0.15, 0.2) is 6.61 Å². The Morgan fingerprint density at radius 3 is 2.71 bits per heavy atom. The molecule has 4 nitrogen and oxygen atoms in total. The summed E-state index contributed by atoms with van der Waals surface area (Å²) in [7, 11) is 0. The topological polar surface area (TPSA) is 58.6 Å². The first-order valence-corrected chi connectivity index (χ1v) is 7.36. The van der Waals surface area contributed by atoms with Gasteiger partial charge in [-0.15, -0.1) is 0 Å². The van der Waals surface area contributed by atoms with Crippen molar-refractivity contribution in [1.29, 1.82) is 0 Å². The lowest BCUT2D eigenvalue weighted by Gasteiger charge is -2.12. The second-order valence-electron chi connectivity index (χ2n) is 5.53. The van der Waals surface area contributed by atoms with E-state index in [0.717, 1.165) is 23.6 Å². The van der Waals surface area contributed by atoms with Crippen molar-refractivity contribution in [3.05, 3.63) is 36.4 Å². The third-order valence-corrected chi connectivity index (χ3v) is 3.89. The highest BCUT2D eigenvalue weighted by Gasteiger charge is 2.17. The van der Waals surface area contributed by atoms with Gasteiger partial charge in [0.05, 0.1) is 0 Å². The summed E-state index contributed by atoms with van der Waals surface area (Å²) < 4.78 is 5.53. The molecule has 110 valence electrons. The molecule has 1 amide bonds. The number of fused-ring (bicyclic) bond motifs is 1. The molecule has 2 aromatic carbocycles. The molecule has 0 aliphatic heterocycles. The Morgan fingerprint density at radius 2 is 1.90 bits per heavy atom. The van der Waals surface area contributed by atoms with Gasteiger partial charge in [0.1, 0.15) is 11.5 Å². The molecule has 2 N–H and O–H groups in total. The minimum absolute atomic E-state index is 0.0286. The highest BCUT2D eigenvalue weighted by molar-refractivity contribution is 5.85. The van der Waals surface area contributed by atoms with Crippen LogP contribution in [0.4, 0.5) is 0 Å². The van der Waals surface area contributed by atoms with Crippen LogP contribution >= 0.6 is 0 Å². The van der Waals surface area contributed by atoms with Crippen LogP contribution in [0.5, 0.6) is 11.5 Å². The van der Waals surface area contributed by atoms with Gasteiger partial charge >= 0.3 is 0 Å². The zero-order valence-electron chi connectivity index (χ0n) is 11.8. The molecule has 0 bridgehead atoms. The number of benzene rings is 2. The zero-order valence-corrected chi connectivity index (χ0v) is 11.8. The first kappa shape index (κ1) is 13.7. The van der Waals surface area contributed by atoms with Crippen LogP contribution in [0, 0.1) is 0 Å². The number of hydrogen-bond donors (Lipinski definition) is 2.